The molecule has 0 bridgehead atoms. The zero-order valence-electron chi connectivity index (χ0n) is 8.16. The van der Waals surface area contributed by atoms with Crippen LogP contribution < -0.4 is 10.6 Å². The fourth-order valence-corrected chi connectivity index (χ4v) is 1.10. The number of hydrogen-bond donors (Lipinski definition) is 2. The highest BCUT2D eigenvalue weighted by atomic mass is 16.2. The summed E-state index contributed by atoms with van der Waals surface area (Å²) in [4.78, 5) is 34.6. The zero-order valence-corrected chi connectivity index (χ0v) is 8.16. The van der Waals surface area contributed by atoms with Gasteiger partial charge >= 0.3 is 0 Å². The molecular weight excluding hydrogens is 186 g/mol. The van der Waals surface area contributed by atoms with Crippen molar-refractivity contribution in [2.24, 2.45) is 0 Å². The van der Waals surface area contributed by atoms with E-state index in [4.69, 9.17) is 0 Å². The molecule has 1 atom stereocenters. The first kappa shape index (κ1) is 10.6. The van der Waals surface area contributed by atoms with Gasteiger partial charge in [0.05, 0.1) is 19.0 Å². The topological polar surface area (TPSA) is 78.5 Å². The Morgan fingerprint density at radius 1 is 1.50 bits per heavy atom. The molecule has 1 unspecified atom stereocenters. The van der Waals surface area contributed by atoms with E-state index in [1.165, 1.54) is 4.90 Å². The van der Waals surface area contributed by atoms with Crippen LogP contribution in [-0.4, -0.2) is 49.3 Å². The van der Waals surface area contributed by atoms with Gasteiger partial charge < -0.3 is 4.90 Å². The minimum Gasteiger partial charge on any atom is -0.349 e. The van der Waals surface area contributed by atoms with Crippen LogP contribution in [0.3, 0.4) is 0 Å². The fraction of sp³-hybridized carbons (Fsp3) is 0.625. The second-order valence-corrected chi connectivity index (χ2v) is 3.34. The summed E-state index contributed by atoms with van der Waals surface area (Å²) in [5, 5.41) is 4.86. The van der Waals surface area contributed by atoms with Gasteiger partial charge in [0, 0.05) is 14.1 Å². The highest BCUT2D eigenvalue weighted by Gasteiger charge is 2.28. The number of nitrogens with one attached hydrogen (secondary N) is 2. The minimum absolute atomic E-state index is 0.0755. The average molecular weight is 199 g/mol. The van der Waals surface area contributed by atoms with Crippen LogP contribution >= 0.6 is 0 Å². The van der Waals surface area contributed by atoms with Crippen molar-refractivity contribution in [2.45, 2.75) is 12.5 Å². The third kappa shape index (κ3) is 2.53. The molecule has 14 heavy (non-hydrogen) atoms. The predicted molar refractivity (Wildman–Crippen MR) is 48.3 cm³/mol. The molecule has 1 saturated heterocycles. The number of imide groups is 1. The van der Waals surface area contributed by atoms with E-state index >= 15 is 0 Å². The van der Waals surface area contributed by atoms with E-state index in [-0.39, 0.29) is 24.8 Å². The van der Waals surface area contributed by atoms with Gasteiger partial charge in [-0.3, -0.25) is 25.0 Å². The van der Waals surface area contributed by atoms with Crippen molar-refractivity contribution < 1.29 is 14.4 Å². The monoisotopic (exact) mass is 199 g/mol. The molecular formula is C8H13N3O3. The van der Waals surface area contributed by atoms with Crippen molar-refractivity contribution in [3.05, 3.63) is 0 Å². The Labute approximate surface area is 81.6 Å². The molecule has 0 spiro atoms. The summed E-state index contributed by atoms with van der Waals surface area (Å²) in [7, 11) is 3.24. The molecule has 1 heterocycles. The Hall–Kier alpha value is -1.43. The molecule has 0 radical (unpaired) electrons. The predicted octanol–water partition coefficient (Wildman–Crippen LogP) is -1.92. The van der Waals surface area contributed by atoms with Crippen LogP contribution in [0, 0.1) is 0 Å². The number of rotatable bonds is 2. The largest absolute Gasteiger partial charge is 0.349 e. The van der Waals surface area contributed by atoms with E-state index in [1.807, 2.05) is 0 Å². The van der Waals surface area contributed by atoms with E-state index in [2.05, 4.69) is 10.6 Å². The third-order valence-corrected chi connectivity index (χ3v) is 1.97. The van der Waals surface area contributed by atoms with Crippen LogP contribution in [0.1, 0.15) is 6.42 Å². The van der Waals surface area contributed by atoms with Gasteiger partial charge in [0.2, 0.25) is 17.7 Å². The first-order valence-electron chi connectivity index (χ1n) is 4.28. The van der Waals surface area contributed by atoms with Gasteiger partial charge in [0.15, 0.2) is 0 Å². The Morgan fingerprint density at radius 3 is 2.64 bits per heavy atom. The third-order valence-electron chi connectivity index (χ3n) is 1.97. The van der Waals surface area contributed by atoms with E-state index in [0.29, 0.717) is 0 Å². The summed E-state index contributed by atoms with van der Waals surface area (Å²) in [6.07, 6.45) is 0.0755. The standard InChI is InChI=1S/C8H13N3O3/c1-11(2)7(13)3-5-8(14)10-6(12)4-9-5/h5,9H,3-4H2,1-2H3,(H,10,12,14). The Bertz CT molecular complexity index is 275. The van der Waals surface area contributed by atoms with Crippen LogP contribution in [0.5, 0.6) is 0 Å². The number of carbonyl (C=O) groups is 3. The molecule has 2 N–H and O–H groups in total. The lowest BCUT2D eigenvalue weighted by atomic mass is 10.1. The number of nitrogens with zero attached hydrogens (tertiary/aromatic N) is 1. The molecule has 0 aliphatic carbocycles. The van der Waals surface area contributed by atoms with Crippen LogP contribution in [0.4, 0.5) is 0 Å². The highest BCUT2D eigenvalue weighted by molar-refractivity contribution is 6.02. The molecule has 0 aromatic rings. The number of carbonyl (C=O) groups excluding carboxylic acids is 3. The van der Waals surface area contributed by atoms with Gasteiger partial charge in [-0.1, -0.05) is 0 Å². The molecule has 0 aromatic carbocycles. The lowest BCUT2D eigenvalue weighted by molar-refractivity contribution is -0.138. The van der Waals surface area contributed by atoms with Crippen LogP contribution in [0.2, 0.25) is 0 Å². The molecule has 1 aliphatic rings. The first-order chi connectivity index (χ1) is 6.50. The fourth-order valence-electron chi connectivity index (χ4n) is 1.10. The number of amides is 3. The highest BCUT2D eigenvalue weighted by Crippen LogP contribution is 1.98. The molecule has 1 aliphatic heterocycles. The van der Waals surface area contributed by atoms with Crippen molar-refractivity contribution in [3.8, 4) is 0 Å². The minimum atomic E-state index is -0.595. The van der Waals surface area contributed by atoms with E-state index in [1.54, 1.807) is 14.1 Å². The first-order valence-corrected chi connectivity index (χ1v) is 4.28. The molecule has 78 valence electrons. The smallest absolute Gasteiger partial charge is 0.244 e. The van der Waals surface area contributed by atoms with E-state index in [9.17, 15) is 14.4 Å². The van der Waals surface area contributed by atoms with Crippen LogP contribution in [0.15, 0.2) is 0 Å². The second-order valence-electron chi connectivity index (χ2n) is 3.34. The molecule has 0 aromatic heterocycles. The summed E-state index contributed by atoms with van der Waals surface area (Å²) in [6.45, 7) is 0.0805. The Morgan fingerprint density at radius 2 is 2.14 bits per heavy atom. The van der Waals surface area contributed by atoms with Crippen molar-refractivity contribution in [1.82, 2.24) is 15.5 Å². The normalized spacial score (nSPS) is 21.7. The maximum absolute atomic E-state index is 11.3. The SMILES string of the molecule is CN(C)C(=O)CC1NCC(=O)NC1=O. The van der Waals surface area contributed by atoms with Crippen molar-refractivity contribution in [3.63, 3.8) is 0 Å². The van der Waals surface area contributed by atoms with Gasteiger partial charge in [-0.25, -0.2) is 0 Å². The van der Waals surface area contributed by atoms with Gasteiger partial charge in [-0.2, -0.15) is 0 Å². The van der Waals surface area contributed by atoms with Crippen molar-refractivity contribution in [1.29, 1.82) is 0 Å². The number of hydrogen-bond acceptors (Lipinski definition) is 4. The summed E-state index contributed by atoms with van der Waals surface area (Å²) in [6, 6.07) is -0.595. The molecule has 1 fully saturated rings. The van der Waals surface area contributed by atoms with Crippen molar-refractivity contribution in [2.75, 3.05) is 20.6 Å². The van der Waals surface area contributed by atoms with Crippen LogP contribution in [-0.2, 0) is 14.4 Å². The summed E-state index contributed by atoms with van der Waals surface area (Å²) in [5.74, 6) is -0.938. The van der Waals surface area contributed by atoms with Crippen LogP contribution in [0.25, 0.3) is 0 Å². The Balaban J connectivity index is 2.49. The van der Waals surface area contributed by atoms with E-state index in [0.717, 1.165) is 0 Å². The summed E-state index contributed by atoms with van der Waals surface area (Å²) < 4.78 is 0. The lowest BCUT2D eigenvalue weighted by Crippen LogP contribution is -2.57. The Kier molecular flexibility index (Phi) is 3.19. The lowest BCUT2D eigenvalue weighted by Gasteiger charge is -2.23. The van der Waals surface area contributed by atoms with Crippen molar-refractivity contribution >= 4 is 17.7 Å². The summed E-state index contributed by atoms with van der Waals surface area (Å²) >= 11 is 0. The van der Waals surface area contributed by atoms with Gasteiger partial charge in [-0.05, 0) is 0 Å². The zero-order chi connectivity index (χ0) is 10.7. The van der Waals surface area contributed by atoms with Gasteiger partial charge in [0.25, 0.3) is 0 Å². The number of piperazine rings is 1. The second kappa shape index (κ2) is 4.19. The molecule has 6 heteroatoms. The summed E-state index contributed by atoms with van der Waals surface area (Å²) in [5.41, 5.74) is 0. The average Bonchev–Trinajstić information content (AvgIpc) is 2.09. The molecule has 1 rings (SSSR count). The molecule has 3 amide bonds. The van der Waals surface area contributed by atoms with Gasteiger partial charge in [0.1, 0.15) is 0 Å². The maximum atomic E-state index is 11.3. The van der Waals surface area contributed by atoms with Gasteiger partial charge in [-0.15, -0.1) is 0 Å². The quantitative estimate of drug-likeness (QED) is 0.508. The molecule has 6 nitrogen and oxygen atoms in total. The maximum Gasteiger partial charge on any atom is 0.244 e. The molecule has 0 saturated carbocycles. The van der Waals surface area contributed by atoms with E-state index < -0.39 is 11.9 Å².